The molecule has 0 aliphatic carbocycles. The van der Waals surface area contributed by atoms with Crippen molar-refractivity contribution in [3.05, 3.63) is 41.7 Å². The van der Waals surface area contributed by atoms with Gasteiger partial charge in [-0.3, -0.25) is 0 Å². The van der Waals surface area contributed by atoms with E-state index >= 15 is 0 Å². The van der Waals surface area contributed by atoms with Crippen LogP contribution in [-0.4, -0.2) is 49.9 Å². The van der Waals surface area contributed by atoms with Crippen molar-refractivity contribution in [1.82, 2.24) is 9.36 Å². The number of ether oxygens (including phenoxy) is 2. The van der Waals surface area contributed by atoms with Crippen LogP contribution < -0.4 is 4.90 Å². The van der Waals surface area contributed by atoms with Gasteiger partial charge in [0.15, 0.2) is 0 Å². The molecule has 0 bridgehead atoms. The molecule has 0 radical (unpaired) electrons. The zero-order chi connectivity index (χ0) is 16.1. The minimum atomic E-state index is 0.487. The summed E-state index contributed by atoms with van der Waals surface area (Å²) in [6, 6.07) is 10.3. The topological polar surface area (TPSA) is 47.5 Å². The molecule has 0 unspecified atom stereocenters. The molecule has 0 amide bonds. The number of nitrogens with zero attached hydrogens (tertiary/aromatic N) is 3. The Morgan fingerprint density at radius 3 is 2.35 bits per heavy atom. The SMILES string of the molecule is COC[C@@H]1CN(c2nc(Cc3ccccc3)ns2)C[C@@H]1COC. The van der Waals surface area contributed by atoms with Gasteiger partial charge in [-0.25, -0.2) is 4.98 Å². The summed E-state index contributed by atoms with van der Waals surface area (Å²) in [5.74, 6) is 1.87. The van der Waals surface area contributed by atoms with E-state index in [2.05, 4.69) is 21.4 Å². The normalized spacial score (nSPS) is 21.0. The third-order valence-electron chi connectivity index (χ3n) is 4.27. The highest BCUT2D eigenvalue weighted by Crippen LogP contribution is 2.30. The van der Waals surface area contributed by atoms with Crippen LogP contribution in [0.5, 0.6) is 0 Å². The van der Waals surface area contributed by atoms with Crippen molar-refractivity contribution in [3.8, 4) is 0 Å². The van der Waals surface area contributed by atoms with Crippen molar-refractivity contribution in [2.24, 2.45) is 11.8 Å². The fourth-order valence-corrected chi connectivity index (χ4v) is 3.83. The Balaban J connectivity index is 1.66. The van der Waals surface area contributed by atoms with Crippen molar-refractivity contribution in [3.63, 3.8) is 0 Å². The molecule has 1 aliphatic rings. The predicted octanol–water partition coefficient (Wildman–Crippen LogP) is 2.47. The molecule has 124 valence electrons. The first kappa shape index (κ1) is 16.4. The number of aromatic nitrogens is 2. The lowest BCUT2D eigenvalue weighted by atomic mass is 9.98. The van der Waals surface area contributed by atoms with Gasteiger partial charge in [0.05, 0.1) is 13.2 Å². The summed E-state index contributed by atoms with van der Waals surface area (Å²) >= 11 is 1.49. The van der Waals surface area contributed by atoms with E-state index in [4.69, 9.17) is 14.5 Å². The molecule has 1 aromatic carbocycles. The van der Waals surface area contributed by atoms with Gasteiger partial charge in [-0.15, -0.1) is 0 Å². The van der Waals surface area contributed by atoms with Gasteiger partial charge < -0.3 is 14.4 Å². The summed E-state index contributed by atoms with van der Waals surface area (Å²) in [5.41, 5.74) is 1.24. The van der Waals surface area contributed by atoms with E-state index in [0.717, 1.165) is 43.7 Å². The molecular weight excluding hydrogens is 310 g/mol. The second kappa shape index (κ2) is 7.86. The average Bonchev–Trinajstić information content (AvgIpc) is 3.17. The molecular formula is C17H23N3O2S. The Morgan fingerprint density at radius 2 is 1.74 bits per heavy atom. The van der Waals surface area contributed by atoms with Crippen LogP contribution in [0.4, 0.5) is 5.13 Å². The third kappa shape index (κ3) is 4.07. The number of hydrogen-bond acceptors (Lipinski definition) is 6. The van der Waals surface area contributed by atoms with Gasteiger partial charge in [0.2, 0.25) is 5.13 Å². The number of hydrogen-bond donors (Lipinski definition) is 0. The summed E-state index contributed by atoms with van der Waals surface area (Å²) in [6.07, 6.45) is 0.786. The van der Waals surface area contributed by atoms with Gasteiger partial charge in [-0.05, 0) is 5.56 Å². The standard InChI is InChI=1S/C17H23N3O2S/c1-21-11-14-9-20(10-15(14)12-22-2)17-18-16(19-23-17)8-13-6-4-3-5-7-13/h3-7,14-15H,8-12H2,1-2H3/t14-,15+. The lowest BCUT2D eigenvalue weighted by molar-refractivity contribution is 0.0937. The second-order valence-electron chi connectivity index (χ2n) is 5.99. The quantitative estimate of drug-likeness (QED) is 0.779. The molecule has 0 saturated carbocycles. The molecule has 2 heterocycles. The molecule has 0 spiro atoms. The van der Waals surface area contributed by atoms with Crippen LogP contribution in [0.2, 0.25) is 0 Å². The Labute approximate surface area is 141 Å². The third-order valence-corrected chi connectivity index (χ3v) is 5.09. The van der Waals surface area contributed by atoms with Gasteiger partial charge >= 0.3 is 0 Å². The lowest BCUT2D eigenvalue weighted by Crippen LogP contribution is -2.21. The molecule has 23 heavy (non-hydrogen) atoms. The maximum absolute atomic E-state index is 5.36. The summed E-state index contributed by atoms with van der Waals surface area (Å²) < 4.78 is 15.2. The molecule has 1 fully saturated rings. The molecule has 2 aromatic rings. The monoisotopic (exact) mass is 333 g/mol. The molecule has 1 aromatic heterocycles. The lowest BCUT2D eigenvalue weighted by Gasteiger charge is -2.15. The van der Waals surface area contributed by atoms with Crippen molar-refractivity contribution in [1.29, 1.82) is 0 Å². The minimum Gasteiger partial charge on any atom is -0.384 e. The van der Waals surface area contributed by atoms with Crippen molar-refractivity contribution < 1.29 is 9.47 Å². The van der Waals surface area contributed by atoms with Gasteiger partial charge in [0, 0.05) is 57.1 Å². The Kier molecular flexibility index (Phi) is 5.59. The number of benzene rings is 1. The van der Waals surface area contributed by atoms with Crippen molar-refractivity contribution in [2.75, 3.05) is 45.4 Å². The zero-order valence-corrected chi connectivity index (χ0v) is 14.5. The van der Waals surface area contributed by atoms with Crippen LogP contribution in [-0.2, 0) is 15.9 Å². The molecule has 5 nitrogen and oxygen atoms in total. The van der Waals surface area contributed by atoms with Gasteiger partial charge in [-0.1, -0.05) is 30.3 Å². The highest BCUT2D eigenvalue weighted by molar-refractivity contribution is 7.09. The van der Waals surface area contributed by atoms with Gasteiger partial charge in [0.1, 0.15) is 5.82 Å². The van der Waals surface area contributed by atoms with Gasteiger partial charge in [0.25, 0.3) is 0 Å². The fraction of sp³-hybridized carbons (Fsp3) is 0.529. The summed E-state index contributed by atoms with van der Waals surface area (Å²) in [4.78, 5) is 7.05. The van der Waals surface area contributed by atoms with Crippen LogP contribution in [0.1, 0.15) is 11.4 Å². The van der Waals surface area contributed by atoms with Crippen LogP contribution >= 0.6 is 11.5 Å². The Hall–Kier alpha value is -1.50. The largest absolute Gasteiger partial charge is 0.384 e. The smallest absolute Gasteiger partial charge is 0.205 e. The highest BCUT2D eigenvalue weighted by Gasteiger charge is 2.34. The number of methoxy groups -OCH3 is 2. The Morgan fingerprint density at radius 1 is 1.09 bits per heavy atom. The molecule has 2 atom stereocenters. The van der Waals surface area contributed by atoms with E-state index in [-0.39, 0.29) is 0 Å². The first-order valence-electron chi connectivity index (χ1n) is 7.89. The van der Waals surface area contributed by atoms with E-state index in [1.165, 1.54) is 17.1 Å². The molecule has 1 aliphatic heterocycles. The summed E-state index contributed by atoms with van der Waals surface area (Å²) in [7, 11) is 3.52. The molecule has 1 saturated heterocycles. The van der Waals surface area contributed by atoms with E-state index in [9.17, 15) is 0 Å². The van der Waals surface area contributed by atoms with Crippen LogP contribution in [0.15, 0.2) is 30.3 Å². The van der Waals surface area contributed by atoms with E-state index < -0.39 is 0 Å². The van der Waals surface area contributed by atoms with Gasteiger partial charge in [-0.2, -0.15) is 4.37 Å². The maximum Gasteiger partial charge on any atom is 0.205 e. The predicted molar refractivity (Wildman–Crippen MR) is 92.1 cm³/mol. The summed E-state index contributed by atoms with van der Waals surface area (Å²) in [6.45, 7) is 3.45. The van der Waals surface area contributed by atoms with E-state index in [1.54, 1.807) is 14.2 Å². The number of anilines is 1. The molecule has 6 heteroatoms. The first-order valence-corrected chi connectivity index (χ1v) is 8.66. The maximum atomic E-state index is 5.36. The van der Waals surface area contributed by atoms with Crippen LogP contribution in [0.3, 0.4) is 0 Å². The van der Waals surface area contributed by atoms with E-state index in [0.29, 0.717) is 11.8 Å². The fourth-order valence-electron chi connectivity index (χ4n) is 3.12. The van der Waals surface area contributed by atoms with E-state index in [1.807, 2.05) is 18.2 Å². The van der Waals surface area contributed by atoms with Crippen molar-refractivity contribution in [2.45, 2.75) is 6.42 Å². The highest BCUT2D eigenvalue weighted by atomic mass is 32.1. The second-order valence-corrected chi connectivity index (χ2v) is 6.72. The summed E-state index contributed by atoms with van der Waals surface area (Å²) in [5, 5.41) is 1.01. The average molecular weight is 333 g/mol. The van der Waals surface area contributed by atoms with Crippen LogP contribution in [0.25, 0.3) is 0 Å². The first-order chi connectivity index (χ1) is 11.3. The van der Waals surface area contributed by atoms with Crippen LogP contribution in [0, 0.1) is 11.8 Å². The molecule has 3 rings (SSSR count). The number of rotatable bonds is 7. The molecule has 0 N–H and O–H groups in total. The Bertz CT molecular complexity index is 591. The van der Waals surface area contributed by atoms with Crippen molar-refractivity contribution >= 4 is 16.7 Å². The zero-order valence-electron chi connectivity index (χ0n) is 13.6. The minimum absolute atomic E-state index is 0.487.